The molecule has 0 aliphatic rings. The highest BCUT2D eigenvalue weighted by Gasteiger charge is 2.14. The number of aldehydes is 1. The molecule has 0 bridgehead atoms. The summed E-state index contributed by atoms with van der Waals surface area (Å²) in [5, 5.41) is 26.2. The summed E-state index contributed by atoms with van der Waals surface area (Å²) in [5.74, 6) is 0. The molecule has 0 unspecified atom stereocenters. The minimum Gasteiger partial charge on any atom is -0.412 e. The topological polar surface area (TPSA) is 109 Å². The fourth-order valence-corrected chi connectivity index (χ4v) is 0.500. The zero-order chi connectivity index (χ0) is 8.15. The van der Waals surface area contributed by atoms with Crippen LogP contribution in [0.1, 0.15) is 13.3 Å². The van der Waals surface area contributed by atoms with Crippen molar-refractivity contribution in [2.24, 2.45) is 0 Å². The van der Waals surface area contributed by atoms with Gasteiger partial charge in [-0.25, -0.2) is 0 Å². The van der Waals surface area contributed by atoms with Crippen LogP contribution in [0.3, 0.4) is 0 Å². The predicted molar refractivity (Wildman–Crippen MR) is 38.0 cm³/mol. The highest BCUT2D eigenvalue weighted by molar-refractivity contribution is 5.55. The molecule has 0 heterocycles. The Morgan fingerprint density at radius 3 is 2.09 bits per heavy atom. The second-order valence-corrected chi connectivity index (χ2v) is 2.25. The first-order chi connectivity index (χ1) is 4.57. The zero-order valence-electron chi connectivity index (χ0n) is 6.27. The van der Waals surface area contributed by atoms with E-state index in [2.05, 4.69) is 0 Å². The van der Waals surface area contributed by atoms with Crippen molar-refractivity contribution in [1.82, 2.24) is 0 Å². The smallest absolute Gasteiger partial charge is 0.148 e. The van der Waals surface area contributed by atoms with Gasteiger partial charge in [0.2, 0.25) is 0 Å². The fourth-order valence-electron chi connectivity index (χ4n) is 0.500. The van der Waals surface area contributed by atoms with Crippen molar-refractivity contribution < 1.29 is 25.6 Å². The molecule has 0 radical (unpaired) electrons. The minimum absolute atomic E-state index is 0. The van der Waals surface area contributed by atoms with Crippen molar-refractivity contribution in [3.05, 3.63) is 0 Å². The first-order valence-electron chi connectivity index (χ1n) is 3.07. The van der Waals surface area contributed by atoms with Crippen molar-refractivity contribution >= 4 is 6.29 Å². The molecular formula is C6H14O5. The summed E-state index contributed by atoms with van der Waals surface area (Å²) < 4.78 is 0. The molecule has 0 rings (SSSR count). The maximum Gasteiger partial charge on any atom is 0.148 e. The third-order valence-electron chi connectivity index (χ3n) is 1.20. The summed E-state index contributed by atoms with van der Waals surface area (Å²) in [4.78, 5) is 9.82. The van der Waals surface area contributed by atoms with Crippen molar-refractivity contribution in [3.8, 4) is 0 Å². The average molecular weight is 166 g/mol. The number of hydrogen-bond donors (Lipinski definition) is 3. The Morgan fingerprint density at radius 1 is 1.36 bits per heavy atom. The van der Waals surface area contributed by atoms with Gasteiger partial charge in [-0.15, -0.1) is 0 Å². The van der Waals surface area contributed by atoms with E-state index in [1.54, 1.807) is 0 Å². The molecule has 3 atom stereocenters. The van der Waals surface area contributed by atoms with Gasteiger partial charge in [-0.1, -0.05) is 0 Å². The highest BCUT2D eigenvalue weighted by Crippen LogP contribution is 2.00. The Morgan fingerprint density at radius 2 is 1.82 bits per heavy atom. The van der Waals surface area contributed by atoms with Gasteiger partial charge in [0.05, 0.1) is 12.2 Å². The number of aliphatic hydroxyl groups excluding tert-OH is 3. The normalized spacial score (nSPS) is 17.8. The molecule has 5 heteroatoms. The standard InChI is InChI=1S/C6H12O4.H2O/c1-4(8)6(10)2-5(9)3-7;/h3-6,8-10H,2H2,1H3;1H2/t4-,5+,6+;/m0./s1. The molecule has 0 aromatic heterocycles. The van der Waals surface area contributed by atoms with E-state index in [4.69, 9.17) is 15.3 Å². The first-order valence-corrected chi connectivity index (χ1v) is 3.07. The quantitative estimate of drug-likeness (QED) is 0.414. The van der Waals surface area contributed by atoms with Crippen molar-refractivity contribution in [1.29, 1.82) is 0 Å². The van der Waals surface area contributed by atoms with E-state index < -0.39 is 18.3 Å². The lowest BCUT2D eigenvalue weighted by atomic mass is 10.1. The van der Waals surface area contributed by atoms with Gasteiger partial charge in [-0.2, -0.15) is 0 Å². The van der Waals surface area contributed by atoms with Crippen LogP contribution in [-0.2, 0) is 4.79 Å². The van der Waals surface area contributed by atoms with Crippen molar-refractivity contribution in [2.75, 3.05) is 0 Å². The summed E-state index contributed by atoms with van der Waals surface area (Å²) in [6.45, 7) is 1.39. The molecule has 5 nitrogen and oxygen atoms in total. The Bertz CT molecular complexity index is 103. The molecule has 0 saturated heterocycles. The van der Waals surface area contributed by atoms with E-state index in [-0.39, 0.29) is 11.9 Å². The average Bonchev–Trinajstić information content (AvgIpc) is 1.87. The van der Waals surface area contributed by atoms with E-state index >= 15 is 0 Å². The molecule has 0 spiro atoms. The van der Waals surface area contributed by atoms with Crippen molar-refractivity contribution in [2.45, 2.75) is 31.7 Å². The molecule has 0 saturated carbocycles. The Hall–Kier alpha value is -0.490. The minimum atomic E-state index is -1.18. The number of aliphatic hydroxyl groups is 3. The number of rotatable bonds is 4. The molecule has 68 valence electrons. The molecular weight excluding hydrogens is 152 g/mol. The maximum absolute atomic E-state index is 9.82. The van der Waals surface area contributed by atoms with Gasteiger partial charge >= 0.3 is 0 Å². The highest BCUT2D eigenvalue weighted by atomic mass is 16.3. The van der Waals surface area contributed by atoms with Crippen LogP contribution in [0.2, 0.25) is 0 Å². The van der Waals surface area contributed by atoms with Gasteiger partial charge in [0.25, 0.3) is 0 Å². The number of carbonyl (C=O) groups excluding carboxylic acids is 1. The van der Waals surface area contributed by atoms with Crippen LogP contribution in [0.4, 0.5) is 0 Å². The number of hydrogen-bond acceptors (Lipinski definition) is 4. The molecule has 5 N–H and O–H groups in total. The van der Waals surface area contributed by atoms with Crippen LogP contribution in [0.5, 0.6) is 0 Å². The van der Waals surface area contributed by atoms with Crippen LogP contribution in [0.15, 0.2) is 0 Å². The summed E-state index contributed by atoms with van der Waals surface area (Å²) in [5.41, 5.74) is 0. The molecule has 0 fully saturated rings. The third kappa shape index (κ3) is 5.93. The molecule has 0 amide bonds. The Kier molecular flexibility index (Phi) is 7.44. The maximum atomic E-state index is 9.82. The van der Waals surface area contributed by atoms with Crippen molar-refractivity contribution in [3.63, 3.8) is 0 Å². The van der Waals surface area contributed by atoms with Crippen LogP contribution in [-0.4, -0.2) is 45.4 Å². The van der Waals surface area contributed by atoms with Crippen LogP contribution in [0.25, 0.3) is 0 Å². The lowest BCUT2D eigenvalue weighted by Crippen LogP contribution is -2.28. The molecule has 0 aromatic rings. The second-order valence-electron chi connectivity index (χ2n) is 2.25. The largest absolute Gasteiger partial charge is 0.412 e. The van der Waals surface area contributed by atoms with E-state index in [1.165, 1.54) is 6.92 Å². The first kappa shape index (κ1) is 13.1. The van der Waals surface area contributed by atoms with E-state index in [1.807, 2.05) is 0 Å². The lowest BCUT2D eigenvalue weighted by molar-refractivity contribution is -0.117. The zero-order valence-corrected chi connectivity index (χ0v) is 6.27. The summed E-state index contributed by atoms with van der Waals surface area (Å²) in [6.07, 6.45) is -2.90. The molecule has 0 aliphatic carbocycles. The third-order valence-corrected chi connectivity index (χ3v) is 1.20. The van der Waals surface area contributed by atoms with Gasteiger partial charge in [-0.3, -0.25) is 0 Å². The summed E-state index contributed by atoms with van der Waals surface area (Å²) in [7, 11) is 0. The summed E-state index contributed by atoms with van der Waals surface area (Å²) >= 11 is 0. The molecule has 0 aliphatic heterocycles. The fraction of sp³-hybridized carbons (Fsp3) is 0.833. The van der Waals surface area contributed by atoms with Gasteiger partial charge in [0.15, 0.2) is 0 Å². The molecule has 11 heavy (non-hydrogen) atoms. The molecule has 0 aromatic carbocycles. The number of carbonyl (C=O) groups is 1. The Labute approximate surface area is 64.6 Å². The lowest BCUT2D eigenvalue weighted by Gasteiger charge is -2.13. The van der Waals surface area contributed by atoms with E-state index in [0.717, 1.165) is 0 Å². The monoisotopic (exact) mass is 166 g/mol. The van der Waals surface area contributed by atoms with Crippen LogP contribution < -0.4 is 0 Å². The van der Waals surface area contributed by atoms with Gasteiger partial charge in [-0.05, 0) is 6.92 Å². The van der Waals surface area contributed by atoms with Gasteiger partial charge in [0, 0.05) is 6.42 Å². The van der Waals surface area contributed by atoms with Crippen LogP contribution >= 0.6 is 0 Å². The SMILES string of the molecule is C[C@H](O)[C@H](O)C[C@@H](O)C=O.O. The summed E-state index contributed by atoms with van der Waals surface area (Å²) in [6, 6.07) is 0. The van der Waals surface area contributed by atoms with E-state index in [9.17, 15) is 4.79 Å². The predicted octanol–water partition coefficient (Wildman–Crippen LogP) is -2.15. The Balaban J connectivity index is 0. The van der Waals surface area contributed by atoms with E-state index in [0.29, 0.717) is 6.29 Å². The van der Waals surface area contributed by atoms with Crippen LogP contribution in [0, 0.1) is 0 Å². The van der Waals surface area contributed by atoms with Gasteiger partial charge in [0.1, 0.15) is 12.4 Å². The van der Waals surface area contributed by atoms with Gasteiger partial charge < -0.3 is 25.6 Å². The second kappa shape index (κ2) is 6.23.